The number of esters is 1. The van der Waals surface area contributed by atoms with Crippen molar-refractivity contribution >= 4 is 39.6 Å². The first-order valence-corrected chi connectivity index (χ1v) is 9.16. The van der Waals surface area contributed by atoms with Gasteiger partial charge in [0, 0.05) is 0 Å². The van der Waals surface area contributed by atoms with Gasteiger partial charge in [-0.15, -0.1) is 0 Å². The van der Waals surface area contributed by atoms with Crippen molar-refractivity contribution in [3.05, 3.63) is 28.8 Å². The minimum atomic E-state index is -4.12. The Morgan fingerprint density at radius 1 is 1.20 bits per heavy atom. The van der Waals surface area contributed by atoms with Crippen molar-refractivity contribution in [2.45, 2.75) is 26.4 Å². The molecule has 25 heavy (non-hydrogen) atoms. The van der Waals surface area contributed by atoms with E-state index in [4.69, 9.17) is 16.3 Å². The molecule has 0 radical (unpaired) electrons. The molecule has 1 aromatic rings. The van der Waals surface area contributed by atoms with Gasteiger partial charge in [0.2, 0.25) is 0 Å². The van der Waals surface area contributed by atoms with Crippen LogP contribution in [-0.2, 0) is 19.7 Å². The van der Waals surface area contributed by atoms with E-state index in [1.165, 1.54) is 25.3 Å². The second-order valence-electron chi connectivity index (χ2n) is 6.29. The monoisotopic (exact) mass is 390 g/mol. The van der Waals surface area contributed by atoms with Crippen LogP contribution in [0, 0.1) is 0 Å². The van der Waals surface area contributed by atoms with Crippen LogP contribution in [0.2, 0.25) is 5.02 Å². The number of methoxy groups -OCH3 is 1. The normalized spacial score (nSPS) is 16.7. The Balaban J connectivity index is 2.34. The number of rotatable bonds is 2. The highest BCUT2D eigenvalue weighted by Gasteiger charge is 2.42. The summed E-state index contributed by atoms with van der Waals surface area (Å²) in [5, 5.41) is 0.135. The van der Waals surface area contributed by atoms with Crippen LogP contribution in [0.25, 0.3) is 0 Å². The molecule has 1 heterocycles. The molecule has 1 saturated heterocycles. The van der Waals surface area contributed by atoms with Gasteiger partial charge in [0.1, 0.15) is 5.60 Å². The fourth-order valence-electron chi connectivity index (χ4n) is 2.23. The van der Waals surface area contributed by atoms with Crippen molar-refractivity contribution in [3.8, 4) is 0 Å². The third-order valence-electron chi connectivity index (χ3n) is 3.30. The van der Waals surface area contributed by atoms with Gasteiger partial charge in [-0.25, -0.2) is 9.59 Å². The zero-order valence-corrected chi connectivity index (χ0v) is 15.8. The number of anilines is 1. The third-order valence-corrected chi connectivity index (χ3v) is 5.47. The number of hydrogen-bond donors (Lipinski definition) is 0. The molecule has 0 saturated carbocycles. The molecule has 1 amide bonds. The van der Waals surface area contributed by atoms with Gasteiger partial charge >= 0.3 is 22.3 Å². The largest absolute Gasteiger partial charge is 0.465 e. The highest BCUT2D eigenvalue weighted by atomic mass is 35.5. The third kappa shape index (κ3) is 3.98. The van der Waals surface area contributed by atoms with Crippen molar-refractivity contribution in [1.82, 2.24) is 4.31 Å². The Morgan fingerprint density at radius 3 is 2.40 bits per heavy atom. The predicted octanol–water partition coefficient (Wildman–Crippen LogP) is 2.43. The maximum absolute atomic E-state index is 12.7. The summed E-state index contributed by atoms with van der Waals surface area (Å²) in [6.45, 7) is 4.91. The molecule has 1 aliphatic heterocycles. The van der Waals surface area contributed by atoms with Crippen molar-refractivity contribution in [2.24, 2.45) is 0 Å². The molecule has 0 bridgehead atoms. The SMILES string of the molecule is COC(=O)c1cc(N2CCN(C(=O)OC(C)(C)C)S2(=O)=O)ccc1Cl. The molecule has 138 valence electrons. The molecule has 8 nitrogen and oxygen atoms in total. The van der Waals surface area contributed by atoms with Crippen LogP contribution >= 0.6 is 11.6 Å². The number of amides is 1. The maximum atomic E-state index is 12.7. The number of ether oxygens (including phenoxy) is 2. The van der Waals surface area contributed by atoms with Crippen LogP contribution in [0.4, 0.5) is 10.5 Å². The Morgan fingerprint density at radius 2 is 1.84 bits per heavy atom. The molecule has 0 unspecified atom stereocenters. The Kier molecular flexibility index (Phi) is 5.19. The first-order valence-electron chi connectivity index (χ1n) is 7.38. The Labute approximate surface area is 151 Å². The quantitative estimate of drug-likeness (QED) is 0.720. The Hall–Kier alpha value is -2.00. The van der Waals surface area contributed by atoms with E-state index < -0.39 is 27.9 Å². The van der Waals surface area contributed by atoms with E-state index in [-0.39, 0.29) is 29.4 Å². The van der Waals surface area contributed by atoms with Crippen molar-refractivity contribution in [2.75, 3.05) is 24.5 Å². The second-order valence-corrected chi connectivity index (χ2v) is 8.47. The number of nitrogens with zero attached hydrogens (tertiary/aromatic N) is 2. The lowest BCUT2D eigenvalue weighted by Crippen LogP contribution is -2.40. The van der Waals surface area contributed by atoms with Crippen molar-refractivity contribution in [3.63, 3.8) is 0 Å². The van der Waals surface area contributed by atoms with Gasteiger partial charge in [0.15, 0.2) is 0 Å². The van der Waals surface area contributed by atoms with E-state index in [0.29, 0.717) is 4.31 Å². The molecule has 1 fully saturated rings. The molecule has 0 aliphatic carbocycles. The average Bonchev–Trinajstić information content (AvgIpc) is 2.80. The zero-order chi connectivity index (χ0) is 19.0. The lowest BCUT2D eigenvalue weighted by atomic mass is 10.2. The summed E-state index contributed by atoms with van der Waals surface area (Å²) >= 11 is 5.95. The van der Waals surface area contributed by atoms with E-state index in [0.717, 1.165) is 4.31 Å². The maximum Gasteiger partial charge on any atom is 0.425 e. The summed E-state index contributed by atoms with van der Waals surface area (Å²) < 4.78 is 36.7. The molecule has 0 spiro atoms. The molecular formula is C15H19ClN2O6S. The van der Waals surface area contributed by atoms with Crippen LogP contribution in [-0.4, -0.2) is 50.6 Å². The van der Waals surface area contributed by atoms with E-state index in [9.17, 15) is 18.0 Å². The highest BCUT2D eigenvalue weighted by Crippen LogP contribution is 2.30. The summed E-state index contributed by atoms with van der Waals surface area (Å²) in [5.41, 5.74) is -0.582. The van der Waals surface area contributed by atoms with Gasteiger partial charge in [-0.2, -0.15) is 12.7 Å². The number of hydrogen-bond acceptors (Lipinski definition) is 6. The lowest BCUT2D eigenvalue weighted by Gasteiger charge is -2.24. The summed E-state index contributed by atoms with van der Waals surface area (Å²) in [5.74, 6) is -0.688. The van der Waals surface area contributed by atoms with Gasteiger partial charge in [-0.3, -0.25) is 4.31 Å². The van der Waals surface area contributed by atoms with E-state index in [2.05, 4.69) is 4.74 Å². The standard InChI is InChI=1S/C15H19ClN2O6S/c1-15(2,3)24-14(20)18-8-7-17(25(18,21)22)10-5-6-12(16)11(9-10)13(19)23-4/h5-6,9H,7-8H2,1-4H3. The van der Waals surface area contributed by atoms with Crippen LogP contribution in [0.15, 0.2) is 18.2 Å². The number of halogens is 1. The van der Waals surface area contributed by atoms with Gasteiger partial charge in [0.25, 0.3) is 0 Å². The molecule has 0 atom stereocenters. The van der Waals surface area contributed by atoms with Crippen LogP contribution < -0.4 is 4.31 Å². The fourth-order valence-corrected chi connectivity index (χ4v) is 3.89. The van der Waals surface area contributed by atoms with Crippen LogP contribution in [0.3, 0.4) is 0 Å². The topological polar surface area (TPSA) is 93.2 Å². The van der Waals surface area contributed by atoms with Crippen LogP contribution in [0.1, 0.15) is 31.1 Å². The molecule has 1 aliphatic rings. The van der Waals surface area contributed by atoms with E-state index in [1.54, 1.807) is 20.8 Å². The summed E-state index contributed by atoms with van der Waals surface area (Å²) in [4.78, 5) is 23.9. The molecule has 0 N–H and O–H groups in total. The number of benzene rings is 1. The van der Waals surface area contributed by atoms with Gasteiger partial charge in [0.05, 0.1) is 36.5 Å². The number of carbonyl (C=O) groups is 2. The van der Waals surface area contributed by atoms with Crippen LogP contribution in [0.5, 0.6) is 0 Å². The van der Waals surface area contributed by atoms with Gasteiger partial charge in [-0.05, 0) is 39.0 Å². The molecule has 2 rings (SSSR count). The van der Waals surface area contributed by atoms with E-state index >= 15 is 0 Å². The first kappa shape index (κ1) is 19.3. The van der Waals surface area contributed by atoms with Gasteiger partial charge in [-0.1, -0.05) is 11.6 Å². The second kappa shape index (κ2) is 6.72. The minimum Gasteiger partial charge on any atom is -0.465 e. The predicted molar refractivity (Wildman–Crippen MR) is 92.0 cm³/mol. The highest BCUT2D eigenvalue weighted by molar-refractivity contribution is 7.91. The van der Waals surface area contributed by atoms with Crippen molar-refractivity contribution in [1.29, 1.82) is 0 Å². The molecule has 1 aromatic carbocycles. The summed E-state index contributed by atoms with van der Waals surface area (Å²) in [6.07, 6.45) is -0.947. The van der Waals surface area contributed by atoms with Gasteiger partial charge < -0.3 is 9.47 Å². The minimum absolute atomic E-state index is 0.0316. The molecular weight excluding hydrogens is 372 g/mol. The summed E-state index contributed by atoms with van der Waals surface area (Å²) in [7, 11) is -2.92. The van der Waals surface area contributed by atoms with E-state index in [1.807, 2.05) is 0 Å². The Bertz CT molecular complexity index is 803. The fraction of sp³-hybridized carbons (Fsp3) is 0.467. The zero-order valence-electron chi connectivity index (χ0n) is 14.3. The van der Waals surface area contributed by atoms with Crippen molar-refractivity contribution < 1.29 is 27.5 Å². The molecule has 10 heteroatoms. The number of carbonyl (C=O) groups excluding carboxylic acids is 2. The first-order chi connectivity index (χ1) is 11.5. The molecule has 0 aromatic heterocycles. The summed E-state index contributed by atoms with van der Waals surface area (Å²) in [6, 6.07) is 4.16. The average molecular weight is 391 g/mol. The lowest BCUT2D eigenvalue weighted by molar-refractivity contribution is 0.0404. The smallest absolute Gasteiger partial charge is 0.425 e.